The van der Waals surface area contributed by atoms with Crippen molar-refractivity contribution in [2.24, 2.45) is 5.92 Å². The summed E-state index contributed by atoms with van der Waals surface area (Å²) in [5.41, 5.74) is -0.323. The Labute approximate surface area is 135 Å². The number of nitrogens with one attached hydrogen (secondary N) is 1. The number of hydrogen-bond acceptors (Lipinski definition) is 3. The number of amides is 1. The number of hydrogen-bond donors (Lipinski definition) is 1. The molecule has 0 saturated carbocycles. The Bertz CT molecular complexity index is 562. The molecule has 0 radical (unpaired) electrons. The van der Waals surface area contributed by atoms with Crippen molar-refractivity contribution >= 4 is 11.9 Å². The monoisotopic (exact) mass is 327 g/mol. The minimum Gasteiger partial charge on any atom is -0.461 e. The molecule has 0 aliphatic rings. The highest BCUT2D eigenvalue weighted by atomic mass is 19.1. The van der Waals surface area contributed by atoms with Crippen molar-refractivity contribution in [3.8, 4) is 0 Å². The van der Waals surface area contributed by atoms with Crippen LogP contribution in [0.1, 0.15) is 50.0 Å². The lowest BCUT2D eigenvalue weighted by Gasteiger charge is -2.21. The molecule has 0 aromatic heterocycles. The summed E-state index contributed by atoms with van der Waals surface area (Å²) in [6, 6.07) is 1.19. The van der Waals surface area contributed by atoms with Gasteiger partial charge in [-0.1, -0.05) is 13.8 Å². The second kappa shape index (κ2) is 8.04. The van der Waals surface area contributed by atoms with Crippen LogP contribution in [0, 0.1) is 24.5 Å². The van der Waals surface area contributed by atoms with E-state index in [0.717, 1.165) is 12.1 Å². The van der Waals surface area contributed by atoms with E-state index >= 15 is 0 Å². The van der Waals surface area contributed by atoms with Crippen LogP contribution in [0.3, 0.4) is 0 Å². The highest BCUT2D eigenvalue weighted by Gasteiger charge is 2.27. The Kier molecular flexibility index (Phi) is 6.66. The number of esters is 1. The number of carbonyl (C=O) groups excluding carboxylic acids is 2. The molecule has 4 nitrogen and oxygen atoms in total. The van der Waals surface area contributed by atoms with Gasteiger partial charge in [0.25, 0.3) is 5.91 Å². The van der Waals surface area contributed by atoms with E-state index in [1.54, 1.807) is 13.8 Å². The van der Waals surface area contributed by atoms with Crippen LogP contribution in [0.25, 0.3) is 0 Å². The number of aryl methyl sites for hydroxylation is 1. The predicted octanol–water partition coefficient (Wildman–Crippen LogP) is 3.37. The number of benzene rings is 1. The van der Waals surface area contributed by atoms with Crippen LogP contribution >= 0.6 is 0 Å². The fourth-order valence-electron chi connectivity index (χ4n) is 2.15. The molecule has 1 amide bonds. The standard InChI is InChI=1S/C17H23F2NO3/c1-9(2)6-14(17(22)23-10(3)4)20-16(21)15-12(18)7-11(5)8-13(15)19/h7-10,14H,6H2,1-5H3,(H,20,21)/t14-/m0/s1. The minimum atomic E-state index is -0.966. The van der Waals surface area contributed by atoms with E-state index < -0.39 is 35.1 Å². The van der Waals surface area contributed by atoms with Crippen molar-refractivity contribution in [3.05, 3.63) is 34.9 Å². The maximum absolute atomic E-state index is 13.9. The van der Waals surface area contributed by atoms with Crippen LogP contribution in [-0.4, -0.2) is 24.0 Å². The Balaban J connectivity index is 2.99. The lowest BCUT2D eigenvalue weighted by molar-refractivity contribution is -0.150. The van der Waals surface area contributed by atoms with Gasteiger partial charge < -0.3 is 10.1 Å². The van der Waals surface area contributed by atoms with E-state index in [2.05, 4.69) is 5.32 Å². The molecule has 0 fully saturated rings. The molecular formula is C17H23F2NO3. The fraction of sp³-hybridized carbons (Fsp3) is 0.529. The third kappa shape index (κ3) is 5.62. The Hall–Kier alpha value is -1.98. The zero-order chi connectivity index (χ0) is 17.7. The lowest BCUT2D eigenvalue weighted by atomic mass is 10.0. The van der Waals surface area contributed by atoms with Gasteiger partial charge >= 0.3 is 5.97 Å². The molecule has 0 spiro atoms. The molecule has 0 heterocycles. The average Bonchev–Trinajstić information content (AvgIpc) is 2.34. The van der Waals surface area contributed by atoms with E-state index in [-0.39, 0.29) is 12.0 Å². The zero-order valence-electron chi connectivity index (χ0n) is 14.1. The molecule has 0 aliphatic carbocycles. The van der Waals surface area contributed by atoms with Crippen LogP contribution in [-0.2, 0) is 9.53 Å². The average molecular weight is 327 g/mol. The topological polar surface area (TPSA) is 55.4 Å². The largest absolute Gasteiger partial charge is 0.461 e. The van der Waals surface area contributed by atoms with Crippen LogP contribution < -0.4 is 5.32 Å². The summed E-state index contributed by atoms with van der Waals surface area (Å²) in [4.78, 5) is 24.2. The van der Waals surface area contributed by atoms with Crippen LogP contribution in [0.5, 0.6) is 0 Å². The van der Waals surface area contributed by atoms with Gasteiger partial charge in [-0.25, -0.2) is 13.6 Å². The molecule has 0 aliphatic heterocycles. The summed E-state index contributed by atoms with van der Waals surface area (Å²) >= 11 is 0. The van der Waals surface area contributed by atoms with E-state index in [1.807, 2.05) is 13.8 Å². The quantitative estimate of drug-likeness (QED) is 0.815. The molecule has 0 unspecified atom stereocenters. The van der Waals surface area contributed by atoms with Gasteiger partial charge in [0.1, 0.15) is 23.2 Å². The first-order chi connectivity index (χ1) is 10.6. The van der Waals surface area contributed by atoms with Gasteiger partial charge in [-0.3, -0.25) is 4.79 Å². The minimum absolute atomic E-state index is 0.0905. The maximum Gasteiger partial charge on any atom is 0.328 e. The van der Waals surface area contributed by atoms with Crippen molar-refractivity contribution in [2.75, 3.05) is 0 Å². The SMILES string of the molecule is Cc1cc(F)c(C(=O)N[C@@H](CC(C)C)C(=O)OC(C)C)c(F)c1. The van der Waals surface area contributed by atoms with Gasteiger partial charge in [-0.2, -0.15) is 0 Å². The Morgan fingerprint density at radius 3 is 2.09 bits per heavy atom. The van der Waals surface area contributed by atoms with Gasteiger partial charge in [0, 0.05) is 0 Å². The molecule has 1 aromatic carbocycles. The number of carbonyl (C=O) groups is 2. The van der Waals surface area contributed by atoms with E-state index in [9.17, 15) is 18.4 Å². The number of rotatable bonds is 6. The van der Waals surface area contributed by atoms with Crippen LogP contribution in [0.4, 0.5) is 8.78 Å². The number of ether oxygens (including phenoxy) is 1. The molecule has 6 heteroatoms. The Morgan fingerprint density at radius 2 is 1.65 bits per heavy atom. The van der Waals surface area contributed by atoms with Crippen molar-refractivity contribution in [1.82, 2.24) is 5.32 Å². The smallest absolute Gasteiger partial charge is 0.328 e. The number of halogens is 2. The van der Waals surface area contributed by atoms with Gasteiger partial charge in [0.05, 0.1) is 6.10 Å². The summed E-state index contributed by atoms with van der Waals surface area (Å²) in [6.45, 7) is 8.63. The summed E-state index contributed by atoms with van der Waals surface area (Å²) in [6.07, 6.45) is -0.0336. The van der Waals surface area contributed by atoms with Crippen molar-refractivity contribution < 1.29 is 23.1 Å². The molecule has 0 saturated heterocycles. The normalized spacial score (nSPS) is 12.4. The first-order valence-electron chi connectivity index (χ1n) is 7.58. The first kappa shape index (κ1) is 19.1. The molecule has 1 aromatic rings. The fourth-order valence-corrected chi connectivity index (χ4v) is 2.15. The van der Waals surface area contributed by atoms with E-state index in [1.165, 1.54) is 6.92 Å². The predicted molar refractivity (Wildman–Crippen MR) is 83.0 cm³/mol. The second-order valence-corrected chi connectivity index (χ2v) is 6.24. The first-order valence-corrected chi connectivity index (χ1v) is 7.58. The molecule has 23 heavy (non-hydrogen) atoms. The highest BCUT2D eigenvalue weighted by molar-refractivity contribution is 5.97. The molecule has 1 rings (SSSR count). The lowest BCUT2D eigenvalue weighted by Crippen LogP contribution is -2.44. The molecule has 128 valence electrons. The van der Waals surface area contributed by atoms with E-state index in [4.69, 9.17) is 4.74 Å². The van der Waals surface area contributed by atoms with Crippen molar-refractivity contribution in [1.29, 1.82) is 0 Å². The summed E-state index contributed by atoms with van der Waals surface area (Å²) < 4.78 is 32.8. The van der Waals surface area contributed by atoms with Gasteiger partial charge in [-0.15, -0.1) is 0 Å². The summed E-state index contributed by atoms with van der Waals surface area (Å²) in [7, 11) is 0. The van der Waals surface area contributed by atoms with Gasteiger partial charge in [0.15, 0.2) is 0 Å². The zero-order valence-corrected chi connectivity index (χ0v) is 14.1. The molecule has 0 bridgehead atoms. The third-order valence-electron chi connectivity index (χ3n) is 3.06. The van der Waals surface area contributed by atoms with Crippen LogP contribution in [0.2, 0.25) is 0 Å². The van der Waals surface area contributed by atoms with Crippen molar-refractivity contribution in [3.63, 3.8) is 0 Å². The maximum atomic E-state index is 13.9. The molecule has 1 N–H and O–H groups in total. The van der Waals surface area contributed by atoms with Gasteiger partial charge in [0.2, 0.25) is 0 Å². The van der Waals surface area contributed by atoms with Crippen molar-refractivity contribution in [2.45, 2.75) is 53.2 Å². The highest BCUT2D eigenvalue weighted by Crippen LogP contribution is 2.16. The summed E-state index contributed by atoms with van der Waals surface area (Å²) in [5.74, 6) is -3.41. The van der Waals surface area contributed by atoms with E-state index in [0.29, 0.717) is 12.0 Å². The summed E-state index contributed by atoms with van der Waals surface area (Å²) in [5, 5.41) is 2.38. The second-order valence-electron chi connectivity index (χ2n) is 6.24. The molecule has 1 atom stereocenters. The third-order valence-corrected chi connectivity index (χ3v) is 3.06. The van der Waals surface area contributed by atoms with Crippen LogP contribution in [0.15, 0.2) is 12.1 Å². The Morgan fingerprint density at radius 1 is 1.13 bits per heavy atom. The van der Waals surface area contributed by atoms with Gasteiger partial charge in [-0.05, 0) is 50.8 Å². The molecular weight excluding hydrogens is 304 g/mol.